The van der Waals surface area contributed by atoms with Crippen molar-refractivity contribution in [2.45, 2.75) is 13.5 Å². The lowest BCUT2D eigenvalue weighted by atomic mass is 10.1. The lowest BCUT2D eigenvalue weighted by Gasteiger charge is -2.03. The third-order valence-electron chi connectivity index (χ3n) is 2.59. The van der Waals surface area contributed by atoms with Crippen LogP contribution in [-0.4, -0.2) is 21.5 Å². The Morgan fingerprint density at radius 2 is 2.24 bits per heavy atom. The van der Waals surface area contributed by atoms with Crippen molar-refractivity contribution in [2.75, 3.05) is 12.3 Å². The van der Waals surface area contributed by atoms with E-state index in [2.05, 4.69) is 21.0 Å². The van der Waals surface area contributed by atoms with E-state index in [1.807, 2.05) is 31.2 Å². The Bertz CT molecular complexity index is 537. The number of anilines is 1. The number of nitrogen functional groups attached to an aromatic ring is 1. The fourth-order valence-corrected chi connectivity index (χ4v) is 2.15. The maximum Gasteiger partial charge on any atom is 0.122 e. The number of nitrogens with two attached hydrogens (primary N) is 1. The molecule has 0 aliphatic rings. The number of rotatable bonds is 3. The Labute approximate surface area is 108 Å². The molecule has 0 saturated heterocycles. The summed E-state index contributed by atoms with van der Waals surface area (Å²) in [5.74, 6) is 0.558. The van der Waals surface area contributed by atoms with Crippen LogP contribution in [0.5, 0.6) is 0 Å². The standard InChI is InChI=1S/C12H14BrN3O/c1-8-3-2-4-9(12(8)13)10-7-11(14)16(15-10)5-6-17/h2-4,7,17H,5-6,14H2,1H3. The number of hydrogen-bond acceptors (Lipinski definition) is 3. The van der Waals surface area contributed by atoms with Gasteiger partial charge in [0.1, 0.15) is 5.82 Å². The van der Waals surface area contributed by atoms with Gasteiger partial charge in [-0.25, -0.2) is 4.68 Å². The zero-order valence-corrected chi connectivity index (χ0v) is 11.1. The van der Waals surface area contributed by atoms with E-state index in [9.17, 15) is 0 Å². The summed E-state index contributed by atoms with van der Waals surface area (Å²) in [5.41, 5.74) is 8.80. The van der Waals surface area contributed by atoms with Crippen molar-refractivity contribution in [2.24, 2.45) is 0 Å². The Hall–Kier alpha value is -1.33. The third-order valence-corrected chi connectivity index (χ3v) is 3.64. The molecule has 2 rings (SSSR count). The van der Waals surface area contributed by atoms with Gasteiger partial charge in [0.05, 0.1) is 18.8 Å². The molecule has 4 nitrogen and oxygen atoms in total. The zero-order valence-electron chi connectivity index (χ0n) is 9.52. The van der Waals surface area contributed by atoms with Crippen LogP contribution < -0.4 is 5.73 Å². The van der Waals surface area contributed by atoms with E-state index in [1.165, 1.54) is 0 Å². The Balaban J connectivity index is 2.46. The van der Waals surface area contributed by atoms with Crippen LogP contribution in [0.4, 0.5) is 5.82 Å². The van der Waals surface area contributed by atoms with Crippen molar-refractivity contribution in [1.29, 1.82) is 0 Å². The highest BCUT2D eigenvalue weighted by Crippen LogP contribution is 2.30. The van der Waals surface area contributed by atoms with Gasteiger partial charge < -0.3 is 10.8 Å². The van der Waals surface area contributed by atoms with Gasteiger partial charge in [0.15, 0.2) is 0 Å². The minimum absolute atomic E-state index is 0.0281. The number of benzene rings is 1. The number of hydrogen-bond donors (Lipinski definition) is 2. The predicted octanol–water partition coefficient (Wildman–Crippen LogP) is 2.20. The summed E-state index contributed by atoms with van der Waals surface area (Å²) >= 11 is 3.55. The van der Waals surface area contributed by atoms with E-state index in [-0.39, 0.29) is 6.61 Å². The molecular formula is C12H14BrN3O. The molecule has 1 aromatic heterocycles. The molecule has 0 saturated carbocycles. The van der Waals surface area contributed by atoms with Crippen LogP contribution in [0, 0.1) is 6.92 Å². The molecule has 0 fully saturated rings. The minimum atomic E-state index is 0.0281. The maximum atomic E-state index is 8.90. The van der Waals surface area contributed by atoms with E-state index in [0.29, 0.717) is 12.4 Å². The molecule has 0 unspecified atom stereocenters. The molecular weight excluding hydrogens is 282 g/mol. The summed E-state index contributed by atoms with van der Waals surface area (Å²) < 4.78 is 2.62. The normalized spacial score (nSPS) is 10.8. The molecule has 0 amide bonds. The first-order valence-corrected chi connectivity index (χ1v) is 6.12. The molecule has 2 aromatic rings. The van der Waals surface area contributed by atoms with Gasteiger partial charge in [-0.05, 0) is 28.4 Å². The number of aliphatic hydroxyl groups excluding tert-OH is 1. The molecule has 17 heavy (non-hydrogen) atoms. The second-order valence-corrected chi connectivity index (χ2v) is 4.63. The SMILES string of the molecule is Cc1cccc(-c2cc(N)n(CCO)n2)c1Br. The van der Waals surface area contributed by atoms with Crippen molar-refractivity contribution in [3.8, 4) is 11.3 Å². The molecule has 5 heteroatoms. The van der Waals surface area contributed by atoms with Crippen LogP contribution in [0.3, 0.4) is 0 Å². The van der Waals surface area contributed by atoms with Gasteiger partial charge >= 0.3 is 0 Å². The van der Waals surface area contributed by atoms with Crippen molar-refractivity contribution in [3.63, 3.8) is 0 Å². The summed E-state index contributed by atoms with van der Waals surface area (Å²) in [7, 11) is 0. The lowest BCUT2D eigenvalue weighted by molar-refractivity contribution is 0.270. The van der Waals surface area contributed by atoms with Crippen LogP contribution in [-0.2, 0) is 6.54 Å². The summed E-state index contributed by atoms with van der Waals surface area (Å²) in [5, 5.41) is 13.3. The van der Waals surface area contributed by atoms with Crippen LogP contribution in [0.1, 0.15) is 5.56 Å². The molecule has 0 aliphatic carbocycles. The molecule has 0 radical (unpaired) electrons. The van der Waals surface area contributed by atoms with Crippen LogP contribution >= 0.6 is 15.9 Å². The Morgan fingerprint density at radius 3 is 2.94 bits per heavy atom. The average Bonchev–Trinajstić information content (AvgIpc) is 2.65. The van der Waals surface area contributed by atoms with E-state index in [0.717, 1.165) is 21.3 Å². The topological polar surface area (TPSA) is 64.1 Å². The maximum absolute atomic E-state index is 8.90. The van der Waals surface area contributed by atoms with Crippen molar-refractivity contribution >= 4 is 21.7 Å². The van der Waals surface area contributed by atoms with Crippen LogP contribution in [0.15, 0.2) is 28.7 Å². The number of nitrogens with zero attached hydrogens (tertiary/aromatic N) is 2. The number of aliphatic hydroxyl groups is 1. The number of aromatic nitrogens is 2. The molecule has 0 spiro atoms. The van der Waals surface area contributed by atoms with Gasteiger partial charge in [0.25, 0.3) is 0 Å². The van der Waals surface area contributed by atoms with Gasteiger partial charge in [-0.2, -0.15) is 5.10 Å². The number of halogens is 1. The summed E-state index contributed by atoms with van der Waals surface area (Å²) in [6.45, 7) is 2.47. The molecule has 1 aromatic carbocycles. The fourth-order valence-electron chi connectivity index (χ4n) is 1.68. The van der Waals surface area contributed by atoms with Crippen molar-refractivity contribution < 1.29 is 5.11 Å². The van der Waals surface area contributed by atoms with E-state index < -0.39 is 0 Å². The highest BCUT2D eigenvalue weighted by Gasteiger charge is 2.10. The summed E-state index contributed by atoms with van der Waals surface area (Å²) in [6, 6.07) is 7.82. The van der Waals surface area contributed by atoms with Gasteiger partial charge in [-0.15, -0.1) is 0 Å². The molecule has 0 bridgehead atoms. The zero-order chi connectivity index (χ0) is 12.4. The first-order chi connectivity index (χ1) is 8.13. The van der Waals surface area contributed by atoms with Gasteiger partial charge in [-0.3, -0.25) is 0 Å². The Morgan fingerprint density at radius 1 is 1.47 bits per heavy atom. The predicted molar refractivity (Wildman–Crippen MR) is 71.6 cm³/mol. The monoisotopic (exact) mass is 295 g/mol. The van der Waals surface area contributed by atoms with Crippen molar-refractivity contribution in [3.05, 3.63) is 34.3 Å². The first kappa shape index (κ1) is 12.1. The fraction of sp³-hybridized carbons (Fsp3) is 0.250. The van der Waals surface area contributed by atoms with Crippen LogP contribution in [0.2, 0.25) is 0 Å². The highest BCUT2D eigenvalue weighted by atomic mass is 79.9. The van der Waals surface area contributed by atoms with Gasteiger partial charge in [0, 0.05) is 16.1 Å². The molecule has 90 valence electrons. The Kier molecular flexibility index (Phi) is 3.49. The lowest BCUT2D eigenvalue weighted by Crippen LogP contribution is -2.07. The minimum Gasteiger partial charge on any atom is -0.394 e. The molecule has 1 heterocycles. The summed E-state index contributed by atoms with van der Waals surface area (Å²) in [6.07, 6.45) is 0. The quantitative estimate of drug-likeness (QED) is 0.912. The smallest absolute Gasteiger partial charge is 0.122 e. The summed E-state index contributed by atoms with van der Waals surface area (Å²) in [4.78, 5) is 0. The molecule has 0 aliphatic heterocycles. The first-order valence-electron chi connectivity index (χ1n) is 5.33. The number of aryl methyl sites for hydroxylation is 1. The van der Waals surface area contributed by atoms with E-state index >= 15 is 0 Å². The van der Waals surface area contributed by atoms with Gasteiger partial charge in [-0.1, -0.05) is 18.2 Å². The second-order valence-electron chi connectivity index (χ2n) is 3.84. The van der Waals surface area contributed by atoms with E-state index in [4.69, 9.17) is 10.8 Å². The molecule has 3 N–H and O–H groups in total. The van der Waals surface area contributed by atoms with Crippen LogP contribution in [0.25, 0.3) is 11.3 Å². The largest absolute Gasteiger partial charge is 0.394 e. The molecule has 0 atom stereocenters. The van der Waals surface area contributed by atoms with E-state index in [1.54, 1.807) is 4.68 Å². The third kappa shape index (κ3) is 2.35. The van der Waals surface area contributed by atoms with Crippen molar-refractivity contribution in [1.82, 2.24) is 9.78 Å². The highest BCUT2D eigenvalue weighted by molar-refractivity contribution is 9.10. The average molecular weight is 296 g/mol. The van der Waals surface area contributed by atoms with Gasteiger partial charge in [0.2, 0.25) is 0 Å². The second kappa shape index (κ2) is 4.89.